The summed E-state index contributed by atoms with van der Waals surface area (Å²) < 4.78 is 4.40. The molecular weight excluding hydrogens is 184 g/mol. The van der Waals surface area contributed by atoms with Crippen LogP contribution in [0.4, 0.5) is 0 Å². The van der Waals surface area contributed by atoms with Crippen molar-refractivity contribution in [3.05, 3.63) is 11.6 Å². The Morgan fingerprint density at radius 2 is 2.29 bits per heavy atom. The molecule has 0 unspecified atom stereocenters. The van der Waals surface area contributed by atoms with Crippen molar-refractivity contribution in [1.82, 2.24) is 4.90 Å². The molecule has 0 N–H and O–H groups in total. The maximum Gasteiger partial charge on any atom is 0.286 e. The number of hydrogen-bond donors (Lipinski definition) is 0. The minimum atomic E-state index is -0.326. The fourth-order valence-corrected chi connectivity index (χ4v) is 1.21. The van der Waals surface area contributed by atoms with E-state index in [4.69, 9.17) is 5.26 Å². The van der Waals surface area contributed by atoms with Crippen LogP contribution in [0, 0.1) is 11.5 Å². The second-order valence-corrected chi connectivity index (χ2v) is 2.76. The highest BCUT2D eigenvalue weighted by molar-refractivity contribution is 6.16. The summed E-state index contributed by atoms with van der Waals surface area (Å²) in [6.45, 7) is 2.00. The molecule has 0 bridgehead atoms. The van der Waals surface area contributed by atoms with Crippen molar-refractivity contribution >= 4 is 11.8 Å². The Labute approximate surface area is 81.6 Å². The van der Waals surface area contributed by atoms with Gasteiger partial charge in [0.25, 0.3) is 18.1 Å². The third-order valence-corrected chi connectivity index (χ3v) is 1.95. The largest absolute Gasteiger partial charge is 0.426 e. The lowest BCUT2D eigenvalue weighted by Crippen LogP contribution is -2.33. The van der Waals surface area contributed by atoms with E-state index in [1.165, 1.54) is 12.3 Å². The summed E-state index contributed by atoms with van der Waals surface area (Å²) in [6, 6.07) is 0. The minimum absolute atomic E-state index is 0.0544. The lowest BCUT2D eigenvalue weighted by Gasteiger charge is -2.12. The van der Waals surface area contributed by atoms with Gasteiger partial charge in [-0.15, -0.1) is 0 Å². The van der Waals surface area contributed by atoms with Crippen LogP contribution in [0.2, 0.25) is 0 Å². The molecule has 0 radical (unpaired) electrons. The SMILES string of the molecule is CCC1=CC(=O)N(CCOC#N)C1=O. The molecule has 0 aromatic carbocycles. The zero-order valence-corrected chi connectivity index (χ0v) is 7.82. The van der Waals surface area contributed by atoms with Gasteiger partial charge >= 0.3 is 0 Å². The number of carbonyl (C=O) groups is 2. The minimum Gasteiger partial charge on any atom is -0.426 e. The molecule has 0 fully saturated rings. The number of rotatable bonds is 4. The zero-order chi connectivity index (χ0) is 10.6. The van der Waals surface area contributed by atoms with Crippen LogP contribution in [0.25, 0.3) is 0 Å². The van der Waals surface area contributed by atoms with Gasteiger partial charge in [0, 0.05) is 11.6 Å². The van der Waals surface area contributed by atoms with Crippen LogP contribution in [0.1, 0.15) is 13.3 Å². The average molecular weight is 194 g/mol. The first-order valence-electron chi connectivity index (χ1n) is 4.28. The van der Waals surface area contributed by atoms with E-state index in [1.54, 1.807) is 0 Å². The van der Waals surface area contributed by atoms with Crippen LogP contribution < -0.4 is 0 Å². The van der Waals surface area contributed by atoms with E-state index in [9.17, 15) is 9.59 Å². The lowest BCUT2D eigenvalue weighted by atomic mass is 10.2. The maximum atomic E-state index is 11.4. The van der Waals surface area contributed by atoms with E-state index in [2.05, 4.69) is 4.74 Å². The molecule has 2 amide bonds. The third kappa shape index (κ3) is 1.91. The number of amides is 2. The molecule has 0 spiro atoms. The number of carbonyl (C=O) groups excluding carboxylic acids is 2. The molecule has 0 aromatic rings. The molecule has 5 nitrogen and oxygen atoms in total. The standard InChI is InChI=1S/C9H10N2O3/c1-2-7-5-8(12)11(9(7)13)3-4-14-6-10/h5H,2-4H2,1H3. The Balaban J connectivity index is 2.54. The van der Waals surface area contributed by atoms with E-state index in [0.717, 1.165) is 4.90 Å². The fourth-order valence-electron chi connectivity index (χ4n) is 1.21. The monoisotopic (exact) mass is 194 g/mol. The molecule has 74 valence electrons. The van der Waals surface area contributed by atoms with Crippen molar-refractivity contribution in [2.24, 2.45) is 0 Å². The van der Waals surface area contributed by atoms with Crippen molar-refractivity contribution in [1.29, 1.82) is 5.26 Å². The van der Waals surface area contributed by atoms with Gasteiger partial charge in [0.1, 0.15) is 6.61 Å². The third-order valence-electron chi connectivity index (χ3n) is 1.95. The van der Waals surface area contributed by atoms with Gasteiger partial charge in [0.2, 0.25) is 0 Å². The van der Waals surface area contributed by atoms with E-state index in [-0.39, 0.29) is 25.0 Å². The first kappa shape index (κ1) is 10.3. The van der Waals surface area contributed by atoms with Crippen molar-refractivity contribution in [2.45, 2.75) is 13.3 Å². The van der Waals surface area contributed by atoms with Gasteiger partial charge in [0.05, 0.1) is 6.54 Å². The molecule has 1 rings (SSSR count). The summed E-state index contributed by atoms with van der Waals surface area (Å²) in [5, 5.41) is 8.10. The normalized spacial score (nSPS) is 15.4. The highest BCUT2D eigenvalue weighted by atomic mass is 16.5. The summed E-state index contributed by atoms with van der Waals surface area (Å²) in [6.07, 6.45) is 3.35. The van der Waals surface area contributed by atoms with E-state index in [0.29, 0.717) is 12.0 Å². The van der Waals surface area contributed by atoms with Gasteiger partial charge in [-0.05, 0) is 6.42 Å². The summed E-state index contributed by atoms with van der Waals surface area (Å²) in [5.74, 6) is -0.604. The second kappa shape index (κ2) is 4.42. The maximum absolute atomic E-state index is 11.4. The van der Waals surface area contributed by atoms with E-state index in [1.807, 2.05) is 6.92 Å². The van der Waals surface area contributed by atoms with Gasteiger partial charge in [-0.3, -0.25) is 14.5 Å². The van der Waals surface area contributed by atoms with Crippen LogP contribution in [0.3, 0.4) is 0 Å². The predicted molar refractivity (Wildman–Crippen MR) is 46.7 cm³/mol. The van der Waals surface area contributed by atoms with Gasteiger partial charge in [-0.1, -0.05) is 6.92 Å². The van der Waals surface area contributed by atoms with Crippen molar-refractivity contribution in [2.75, 3.05) is 13.2 Å². The van der Waals surface area contributed by atoms with Crippen molar-refractivity contribution in [3.8, 4) is 6.26 Å². The summed E-state index contributed by atoms with van der Waals surface area (Å²) >= 11 is 0. The number of nitrogens with zero attached hydrogens (tertiary/aromatic N) is 2. The molecule has 5 heteroatoms. The van der Waals surface area contributed by atoms with Crippen LogP contribution in [0.5, 0.6) is 0 Å². The van der Waals surface area contributed by atoms with Gasteiger partial charge in [0.15, 0.2) is 0 Å². The number of nitriles is 1. The molecule has 1 heterocycles. The molecule has 14 heavy (non-hydrogen) atoms. The Morgan fingerprint density at radius 3 is 2.79 bits per heavy atom. The van der Waals surface area contributed by atoms with E-state index < -0.39 is 0 Å². The van der Waals surface area contributed by atoms with Crippen LogP contribution in [-0.4, -0.2) is 29.9 Å². The van der Waals surface area contributed by atoms with Gasteiger partial charge in [-0.2, -0.15) is 5.26 Å². The van der Waals surface area contributed by atoms with Gasteiger partial charge in [-0.25, -0.2) is 0 Å². The van der Waals surface area contributed by atoms with Crippen molar-refractivity contribution < 1.29 is 14.3 Å². The number of hydrogen-bond acceptors (Lipinski definition) is 4. The molecular formula is C9H10N2O3. The molecule has 0 aliphatic carbocycles. The highest BCUT2D eigenvalue weighted by Gasteiger charge is 2.29. The molecule has 0 saturated heterocycles. The molecule has 0 atom stereocenters. The molecule has 0 saturated carbocycles. The topological polar surface area (TPSA) is 70.4 Å². The summed E-state index contributed by atoms with van der Waals surface area (Å²) in [5.41, 5.74) is 0.506. The fraction of sp³-hybridized carbons (Fsp3) is 0.444. The predicted octanol–water partition coefficient (Wildman–Crippen LogP) is 0.189. The quantitative estimate of drug-likeness (QED) is 0.364. The van der Waals surface area contributed by atoms with Crippen LogP contribution >= 0.6 is 0 Å². The number of imide groups is 1. The smallest absolute Gasteiger partial charge is 0.286 e. The Hall–Kier alpha value is -1.83. The summed E-state index contributed by atoms with van der Waals surface area (Å²) in [7, 11) is 0. The Morgan fingerprint density at radius 1 is 1.57 bits per heavy atom. The number of ether oxygens (including phenoxy) is 1. The van der Waals surface area contributed by atoms with Crippen LogP contribution in [-0.2, 0) is 14.3 Å². The lowest BCUT2D eigenvalue weighted by molar-refractivity contribution is -0.137. The first-order chi connectivity index (χ1) is 6.70. The highest BCUT2D eigenvalue weighted by Crippen LogP contribution is 2.14. The molecule has 1 aliphatic rings. The zero-order valence-electron chi connectivity index (χ0n) is 7.82. The average Bonchev–Trinajstić information content (AvgIpc) is 2.45. The molecule has 1 aliphatic heterocycles. The van der Waals surface area contributed by atoms with Gasteiger partial charge < -0.3 is 4.74 Å². The van der Waals surface area contributed by atoms with Crippen molar-refractivity contribution in [3.63, 3.8) is 0 Å². The second-order valence-electron chi connectivity index (χ2n) is 2.76. The Bertz CT molecular complexity index is 327. The summed E-state index contributed by atoms with van der Waals surface area (Å²) in [4.78, 5) is 23.8. The van der Waals surface area contributed by atoms with E-state index >= 15 is 0 Å². The first-order valence-corrected chi connectivity index (χ1v) is 4.28. The van der Waals surface area contributed by atoms with Crippen LogP contribution in [0.15, 0.2) is 11.6 Å². The Kier molecular flexibility index (Phi) is 3.24. The molecule has 0 aromatic heterocycles.